The van der Waals surface area contributed by atoms with Gasteiger partial charge in [0.1, 0.15) is 0 Å². The highest BCUT2D eigenvalue weighted by Gasteiger charge is 2.03. The van der Waals surface area contributed by atoms with Crippen LogP contribution in [0.3, 0.4) is 0 Å². The van der Waals surface area contributed by atoms with Gasteiger partial charge in [0.25, 0.3) is 5.97 Å². The van der Waals surface area contributed by atoms with Crippen molar-refractivity contribution in [3.05, 3.63) is 0 Å². The molecule has 264 valence electrons. The van der Waals surface area contributed by atoms with E-state index < -0.39 is 5.97 Å². The first-order chi connectivity index (χ1) is 21.3. The lowest BCUT2D eigenvalue weighted by Gasteiger charge is -2.05. The van der Waals surface area contributed by atoms with Crippen LogP contribution in [-0.2, 0) is 23.9 Å². The van der Waals surface area contributed by atoms with Crippen LogP contribution in [0.1, 0.15) is 214 Å². The van der Waals surface area contributed by atoms with E-state index in [2.05, 4.69) is 27.7 Å². The molecule has 0 saturated carbocycles. The quantitative estimate of drug-likeness (QED) is 0.0628. The van der Waals surface area contributed by atoms with E-state index in [-0.39, 0.29) is 11.9 Å². The molecule has 0 aromatic rings. The smallest absolute Gasteiger partial charge is 0.305 e. The summed E-state index contributed by atoms with van der Waals surface area (Å²) in [6.45, 7) is 11.2. The lowest BCUT2D eigenvalue weighted by molar-refractivity contribution is -0.144. The second-order valence-electron chi connectivity index (χ2n) is 12.2. The van der Waals surface area contributed by atoms with Crippen LogP contribution in [-0.4, -0.2) is 36.2 Å². The Balaban J connectivity index is -0.000000680. The van der Waals surface area contributed by atoms with Crippen molar-refractivity contribution in [2.45, 2.75) is 214 Å². The Kier molecular flexibility index (Phi) is 46.3. The molecule has 0 rings (SSSR count). The van der Waals surface area contributed by atoms with Gasteiger partial charge in [0.15, 0.2) is 0 Å². The Hall–Kier alpha value is -1.59. The molecule has 0 heterocycles. The number of hydrogen-bond acceptors (Lipinski definition) is 5. The van der Waals surface area contributed by atoms with E-state index in [4.69, 9.17) is 19.4 Å². The predicted octanol–water partition coefficient (Wildman–Crippen LogP) is 12.2. The van der Waals surface area contributed by atoms with Crippen molar-refractivity contribution < 1.29 is 29.0 Å². The summed E-state index contributed by atoms with van der Waals surface area (Å²) in [6, 6.07) is 0. The van der Waals surface area contributed by atoms with Crippen molar-refractivity contribution in [2.24, 2.45) is 0 Å². The number of carbonyl (C=O) groups is 3. The van der Waals surface area contributed by atoms with Crippen molar-refractivity contribution in [1.29, 1.82) is 0 Å². The van der Waals surface area contributed by atoms with Crippen LogP contribution in [0.15, 0.2) is 0 Å². The average Bonchev–Trinajstić information content (AvgIpc) is 2.99. The maximum Gasteiger partial charge on any atom is 0.305 e. The highest BCUT2D eigenvalue weighted by atomic mass is 16.5. The summed E-state index contributed by atoms with van der Waals surface area (Å²) in [4.78, 5) is 31.9. The molecular weight excluding hydrogens is 552 g/mol. The Morgan fingerprint density at radius 3 is 0.841 bits per heavy atom. The standard InChI is InChI=1S/2C18H36O2.C2H4O2/c2*1-3-5-7-9-10-11-12-13-14-16-18(19)20-17-15-8-6-4-2;1-2(3)4/h2*3-17H2,1-2H3;1H3,(H,3,4). The fourth-order valence-electron chi connectivity index (χ4n) is 4.73. The molecule has 0 aliphatic carbocycles. The zero-order valence-electron chi connectivity index (χ0n) is 30.2. The predicted molar refractivity (Wildman–Crippen MR) is 187 cm³/mol. The summed E-state index contributed by atoms with van der Waals surface area (Å²) in [7, 11) is 0. The summed E-state index contributed by atoms with van der Waals surface area (Å²) in [6.07, 6.45) is 33.8. The van der Waals surface area contributed by atoms with Gasteiger partial charge in [-0.2, -0.15) is 0 Å². The minimum absolute atomic E-state index is 0.00412. The molecule has 0 radical (unpaired) electrons. The molecule has 0 aliphatic heterocycles. The summed E-state index contributed by atoms with van der Waals surface area (Å²) >= 11 is 0. The molecule has 0 aliphatic rings. The van der Waals surface area contributed by atoms with Crippen LogP contribution in [0, 0.1) is 0 Å². The first-order valence-corrected chi connectivity index (χ1v) is 18.9. The largest absolute Gasteiger partial charge is 0.481 e. The maximum absolute atomic E-state index is 11.5. The number of hydrogen-bond donors (Lipinski definition) is 1. The fraction of sp³-hybridized carbons (Fsp3) is 0.921. The molecule has 0 aromatic carbocycles. The van der Waals surface area contributed by atoms with Gasteiger partial charge in [-0.15, -0.1) is 0 Å². The van der Waals surface area contributed by atoms with E-state index >= 15 is 0 Å². The second-order valence-corrected chi connectivity index (χ2v) is 12.2. The zero-order chi connectivity index (χ0) is 33.4. The van der Waals surface area contributed by atoms with Crippen LogP contribution in [0.5, 0.6) is 0 Å². The molecule has 6 heteroatoms. The van der Waals surface area contributed by atoms with Crippen LogP contribution in [0.4, 0.5) is 0 Å². The maximum atomic E-state index is 11.5. The molecule has 0 unspecified atom stereocenters. The van der Waals surface area contributed by atoms with Gasteiger partial charge in [0, 0.05) is 19.8 Å². The third kappa shape index (κ3) is 53.0. The topological polar surface area (TPSA) is 89.9 Å². The molecule has 0 aromatic heterocycles. The van der Waals surface area contributed by atoms with Crippen LogP contribution >= 0.6 is 0 Å². The van der Waals surface area contributed by atoms with Gasteiger partial charge >= 0.3 is 11.9 Å². The minimum atomic E-state index is -0.833. The Labute approximate surface area is 274 Å². The molecule has 0 fully saturated rings. The van der Waals surface area contributed by atoms with Crippen molar-refractivity contribution in [3.63, 3.8) is 0 Å². The van der Waals surface area contributed by atoms with Gasteiger partial charge < -0.3 is 14.6 Å². The SMILES string of the molecule is CC(=O)O.CCCCCCCCCCCC(=O)OCCCCCC.CCCCCCCCCCCC(=O)OCCCCCC. The fourth-order valence-corrected chi connectivity index (χ4v) is 4.73. The molecule has 1 N–H and O–H groups in total. The number of unbranched alkanes of at least 4 members (excludes halogenated alkanes) is 22. The molecular formula is C38H76O6. The summed E-state index contributed by atoms with van der Waals surface area (Å²) in [5.74, 6) is -0.825. The Bertz CT molecular complexity index is 530. The van der Waals surface area contributed by atoms with Crippen molar-refractivity contribution >= 4 is 17.9 Å². The van der Waals surface area contributed by atoms with Crippen LogP contribution < -0.4 is 0 Å². The minimum Gasteiger partial charge on any atom is -0.481 e. The van der Waals surface area contributed by atoms with E-state index in [1.54, 1.807) is 0 Å². The van der Waals surface area contributed by atoms with E-state index in [0.29, 0.717) is 26.1 Å². The van der Waals surface area contributed by atoms with Gasteiger partial charge in [-0.05, 0) is 25.7 Å². The number of aliphatic carboxylic acids is 1. The Morgan fingerprint density at radius 1 is 0.386 bits per heavy atom. The van der Waals surface area contributed by atoms with Crippen molar-refractivity contribution in [2.75, 3.05) is 13.2 Å². The van der Waals surface area contributed by atoms with E-state index in [0.717, 1.165) is 32.6 Å². The Morgan fingerprint density at radius 2 is 0.591 bits per heavy atom. The van der Waals surface area contributed by atoms with E-state index in [1.807, 2.05) is 0 Å². The highest BCUT2D eigenvalue weighted by Crippen LogP contribution is 2.12. The van der Waals surface area contributed by atoms with E-state index in [9.17, 15) is 9.59 Å². The number of carboxylic acids is 1. The molecule has 0 saturated heterocycles. The normalized spacial score (nSPS) is 10.3. The summed E-state index contributed by atoms with van der Waals surface area (Å²) in [5, 5.41) is 7.42. The van der Waals surface area contributed by atoms with Crippen molar-refractivity contribution in [3.8, 4) is 0 Å². The highest BCUT2D eigenvalue weighted by molar-refractivity contribution is 5.69. The molecule has 6 nitrogen and oxygen atoms in total. The molecule has 0 atom stereocenters. The van der Waals surface area contributed by atoms with Crippen LogP contribution in [0.2, 0.25) is 0 Å². The first kappa shape index (κ1) is 46.8. The summed E-state index contributed by atoms with van der Waals surface area (Å²) in [5.41, 5.74) is 0. The van der Waals surface area contributed by atoms with Crippen molar-refractivity contribution in [1.82, 2.24) is 0 Å². The average molecular weight is 629 g/mol. The molecule has 0 amide bonds. The number of rotatable bonds is 30. The van der Waals surface area contributed by atoms with Gasteiger partial charge in [0.05, 0.1) is 13.2 Å². The number of carbonyl (C=O) groups excluding carboxylic acids is 2. The lowest BCUT2D eigenvalue weighted by atomic mass is 10.1. The van der Waals surface area contributed by atoms with Crippen LogP contribution in [0.25, 0.3) is 0 Å². The lowest BCUT2D eigenvalue weighted by Crippen LogP contribution is -2.05. The third-order valence-corrected chi connectivity index (χ3v) is 7.49. The molecule has 44 heavy (non-hydrogen) atoms. The summed E-state index contributed by atoms with van der Waals surface area (Å²) < 4.78 is 10.4. The van der Waals surface area contributed by atoms with Gasteiger partial charge in [-0.1, -0.05) is 169 Å². The van der Waals surface area contributed by atoms with Gasteiger partial charge in [0.2, 0.25) is 0 Å². The monoisotopic (exact) mass is 629 g/mol. The number of esters is 2. The number of ether oxygens (including phenoxy) is 2. The first-order valence-electron chi connectivity index (χ1n) is 18.9. The van der Waals surface area contributed by atoms with E-state index in [1.165, 1.54) is 141 Å². The number of carboxylic acid groups (broad SMARTS) is 1. The van der Waals surface area contributed by atoms with Gasteiger partial charge in [-0.3, -0.25) is 14.4 Å². The molecule has 0 bridgehead atoms. The second kappa shape index (κ2) is 43.5. The van der Waals surface area contributed by atoms with Gasteiger partial charge in [-0.25, -0.2) is 0 Å². The molecule has 0 spiro atoms. The zero-order valence-corrected chi connectivity index (χ0v) is 30.2. The third-order valence-electron chi connectivity index (χ3n) is 7.49.